The average molecular weight is 397 g/mol. The summed E-state index contributed by atoms with van der Waals surface area (Å²) in [5.74, 6) is 0.984. The van der Waals surface area contributed by atoms with E-state index in [0.29, 0.717) is 18.4 Å². The molecule has 3 rings (SSSR count). The zero-order valence-corrected chi connectivity index (χ0v) is 18.6. The van der Waals surface area contributed by atoms with Gasteiger partial charge in [0.2, 0.25) is 5.88 Å². The Bertz CT molecular complexity index is 996. The van der Waals surface area contributed by atoms with Crippen molar-refractivity contribution >= 4 is 11.2 Å². The predicted molar refractivity (Wildman–Crippen MR) is 117 cm³/mol. The van der Waals surface area contributed by atoms with Crippen molar-refractivity contribution in [3.05, 3.63) is 35.3 Å². The van der Waals surface area contributed by atoms with Crippen molar-refractivity contribution in [2.75, 3.05) is 20.8 Å². The van der Waals surface area contributed by atoms with Crippen LogP contribution in [0.1, 0.15) is 62.5 Å². The standard InChI is InChI=1S/C23H32N4O2/c1-8-14(3)19-11-10-18(23(25-19)29-7)21-16(5)24-22-20(26-21)15(4)12-27(22)17(9-2)13-28-6/h10-12,14,17H,8-9,13H2,1-7H3/t14?,17-/m0/s1. The van der Waals surface area contributed by atoms with Gasteiger partial charge in [0, 0.05) is 19.0 Å². The summed E-state index contributed by atoms with van der Waals surface area (Å²) in [4.78, 5) is 14.7. The minimum Gasteiger partial charge on any atom is -0.480 e. The maximum absolute atomic E-state index is 5.62. The van der Waals surface area contributed by atoms with Gasteiger partial charge in [0.25, 0.3) is 0 Å². The molecule has 0 aliphatic heterocycles. The van der Waals surface area contributed by atoms with Gasteiger partial charge < -0.3 is 14.0 Å². The molecule has 156 valence electrons. The Morgan fingerprint density at radius 2 is 1.79 bits per heavy atom. The molecule has 0 spiro atoms. The van der Waals surface area contributed by atoms with E-state index in [1.807, 2.05) is 6.92 Å². The lowest BCUT2D eigenvalue weighted by molar-refractivity contribution is 0.154. The van der Waals surface area contributed by atoms with E-state index >= 15 is 0 Å². The van der Waals surface area contributed by atoms with Gasteiger partial charge in [-0.05, 0) is 50.3 Å². The molecule has 1 unspecified atom stereocenters. The summed E-state index contributed by atoms with van der Waals surface area (Å²) >= 11 is 0. The first-order valence-corrected chi connectivity index (χ1v) is 10.3. The van der Waals surface area contributed by atoms with Gasteiger partial charge in [0.15, 0.2) is 5.65 Å². The number of aryl methyl sites for hydroxylation is 2. The van der Waals surface area contributed by atoms with Crippen molar-refractivity contribution in [2.45, 2.75) is 59.4 Å². The Morgan fingerprint density at radius 1 is 1.03 bits per heavy atom. The lowest BCUT2D eigenvalue weighted by Gasteiger charge is -2.17. The zero-order chi connectivity index (χ0) is 21.1. The monoisotopic (exact) mass is 396 g/mol. The van der Waals surface area contributed by atoms with Gasteiger partial charge in [-0.2, -0.15) is 0 Å². The summed E-state index contributed by atoms with van der Waals surface area (Å²) in [6.45, 7) is 11.2. The highest BCUT2D eigenvalue weighted by Gasteiger charge is 2.20. The molecule has 3 heterocycles. The van der Waals surface area contributed by atoms with E-state index < -0.39 is 0 Å². The highest BCUT2D eigenvalue weighted by Crippen LogP contribution is 2.33. The van der Waals surface area contributed by atoms with Crippen LogP contribution in [-0.4, -0.2) is 40.3 Å². The second-order valence-electron chi connectivity index (χ2n) is 7.67. The molecule has 0 N–H and O–H groups in total. The number of fused-ring (bicyclic) bond motifs is 1. The summed E-state index contributed by atoms with van der Waals surface area (Å²) in [6, 6.07) is 4.37. The molecule has 6 heteroatoms. The van der Waals surface area contributed by atoms with Crippen molar-refractivity contribution in [1.82, 2.24) is 19.5 Å². The van der Waals surface area contributed by atoms with Gasteiger partial charge >= 0.3 is 0 Å². The second-order valence-corrected chi connectivity index (χ2v) is 7.67. The zero-order valence-electron chi connectivity index (χ0n) is 18.6. The Hall–Kier alpha value is -2.47. The Morgan fingerprint density at radius 3 is 2.41 bits per heavy atom. The topological polar surface area (TPSA) is 62.1 Å². The van der Waals surface area contributed by atoms with E-state index in [4.69, 9.17) is 24.4 Å². The third-order valence-electron chi connectivity index (χ3n) is 5.67. The van der Waals surface area contributed by atoms with Crippen LogP contribution in [0.3, 0.4) is 0 Å². The maximum Gasteiger partial charge on any atom is 0.222 e. The molecular weight excluding hydrogens is 364 g/mol. The lowest BCUT2D eigenvalue weighted by atomic mass is 10.0. The van der Waals surface area contributed by atoms with E-state index in [-0.39, 0.29) is 6.04 Å². The molecule has 3 aromatic rings. The first-order chi connectivity index (χ1) is 13.9. The van der Waals surface area contributed by atoms with Crippen LogP contribution in [0.15, 0.2) is 18.3 Å². The van der Waals surface area contributed by atoms with Gasteiger partial charge in [-0.25, -0.2) is 15.0 Å². The van der Waals surface area contributed by atoms with E-state index in [0.717, 1.165) is 52.2 Å². The molecule has 6 nitrogen and oxygen atoms in total. The first-order valence-electron chi connectivity index (χ1n) is 10.3. The van der Waals surface area contributed by atoms with Crippen LogP contribution in [0.2, 0.25) is 0 Å². The molecular formula is C23H32N4O2. The molecule has 0 amide bonds. The van der Waals surface area contributed by atoms with E-state index in [1.54, 1.807) is 14.2 Å². The molecule has 0 radical (unpaired) electrons. The first kappa shape index (κ1) is 21.2. The fourth-order valence-electron chi connectivity index (χ4n) is 3.68. The van der Waals surface area contributed by atoms with Gasteiger partial charge in [-0.1, -0.05) is 20.8 Å². The van der Waals surface area contributed by atoms with Gasteiger partial charge in [0.1, 0.15) is 5.52 Å². The van der Waals surface area contributed by atoms with Crippen LogP contribution >= 0.6 is 0 Å². The Kier molecular flexibility index (Phi) is 6.52. The van der Waals surface area contributed by atoms with Crippen molar-refractivity contribution in [2.24, 2.45) is 0 Å². The van der Waals surface area contributed by atoms with E-state index in [9.17, 15) is 0 Å². The summed E-state index contributed by atoms with van der Waals surface area (Å²) in [5.41, 5.74) is 6.50. The number of pyridine rings is 1. The number of hydrogen-bond donors (Lipinski definition) is 0. The summed E-state index contributed by atoms with van der Waals surface area (Å²) in [6.07, 6.45) is 4.13. The van der Waals surface area contributed by atoms with E-state index in [1.165, 1.54) is 0 Å². The average Bonchev–Trinajstić information content (AvgIpc) is 3.05. The van der Waals surface area contributed by atoms with Gasteiger partial charge in [-0.3, -0.25) is 0 Å². The van der Waals surface area contributed by atoms with E-state index in [2.05, 4.69) is 50.6 Å². The number of hydrogen-bond acceptors (Lipinski definition) is 5. The number of ether oxygens (including phenoxy) is 2. The second kappa shape index (κ2) is 8.91. The minimum atomic E-state index is 0.238. The summed E-state index contributed by atoms with van der Waals surface area (Å²) < 4.78 is 13.2. The highest BCUT2D eigenvalue weighted by molar-refractivity contribution is 5.81. The molecule has 0 aliphatic rings. The number of nitrogens with zero attached hydrogens (tertiary/aromatic N) is 4. The fourth-order valence-corrected chi connectivity index (χ4v) is 3.68. The normalized spacial score (nSPS) is 13.6. The molecule has 0 bridgehead atoms. The third-order valence-corrected chi connectivity index (χ3v) is 5.67. The number of aromatic nitrogens is 4. The summed E-state index contributed by atoms with van der Waals surface area (Å²) in [5, 5.41) is 0. The van der Waals surface area contributed by atoms with Crippen LogP contribution in [0.4, 0.5) is 0 Å². The number of methoxy groups -OCH3 is 2. The van der Waals surface area contributed by atoms with Crippen molar-refractivity contribution < 1.29 is 9.47 Å². The molecule has 0 saturated heterocycles. The molecule has 29 heavy (non-hydrogen) atoms. The van der Waals surface area contributed by atoms with Crippen LogP contribution in [0, 0.1) is 13.8 Å². The van der Waals surface area contributed by atoms with Crippen molar-refractivity contribution in [1.29, 1.82) is 0 Å². The Labute approximate surface area is 173 Å². The van der Waals surface area contributed by atoms with Crippen LogP contribution < -0.4 is 4.74 Å². The number of rotatable bonds is 8. The van der Waals surface area contributed by atoms with Gasteiger partial charge in [-0.15, -0.1) is 0 Å². The van der Waals surface area contributed by atoms with Crippen LogP contribution in [-0.2, 0) is 4.74 Å². The molecule has 3 aromatic heterocycles. The smallest absolute Gasteiger partial charge is 0.222 e. The fraction of sp³-hybridized carbons (Fsp3) is 0.522. The summed E-state index contributed by atoms with van der Waals surface area (Å²) in [7, 11) is 3.39. The largest absolute Gasteiger partial charge is 0.480 e. The molecule has 2 atom stereocenters. The van der Waals surface area contributed by atoms with Crippen molar-refractivity contribution in [3.63, 3.8) is 0 Å². The molecule has 0 aliphatic carbocycles. The molecule has 0 saturated carbocycles. The quantitative estimate of drug-likeness (QED) is 0.522. The van der Waals surface area contributed by atoms with Crippen LogP contribution in [0.25, 0.3) is 22.4 Å². The SMILES string of the molecule is CCC(C)c1ccc(-c2nc3c(C)cn([C@@H](CC)COC)c3nc2C)c(OC)n1. The minimum absolute atomic E-state index is 0.238. The third kappa shape index (κ3) is 3.99. The van der Waals surface area contributed by atoms with Crippen molar-refractivity contribution in [3.8, 4) is 17.1 Å². The predicted octanol–water partition coefficient (Wildman–Crippen LogP) is 5.23. The molecule has 0 fully saturated rings. The van der Waals surface area contributed by atoms with Crippen LogP contribution in [0.5, 0.6) is 5.88 Å². The Balaban J connectivity index is 2.15. The lowest BCUT2D eigenvalue weighted by Crippen LogP contribution is -2.13. The van der Waals surface area contributed by atoms with Gasteiger partial charge in [0.05, 0.1) is 36.7 Å². The highest BCUT2D eigenvalue weighted by atomic mass is 16.5. The maximum atomic E-state index is 5.62. The molecule has 0 aromatic carbocycles.